The van der Waals surface area contributed by atoms with Gasteiger partial charge in [-0.25, -0.2) is 0 Å². The van der Waals surface area contributed by atoms with E-state index in [2.05, 4.69) is 26.4 Å². The molecule has 0 radical (unpaired) electrons. The molecule has 26 heavy (non-hydrogen) atoms. The summed E-state index contributed by atoms with van der Waals surface area (Å²) in [5.74, 6) is 1.58. The van der Waals surface area contributed by atoms with Gasteiger partial charge < -0.3 is 5.48 Å². The molecule has 1 fully saturated rings. The van der Waals surface area contributed by atoms with Gasteiger partial charge in [-0.3, -0.25) is 18.7 Å². The topological polar surface area (TPSA) is 86.9 Å². The summed E-state index contributed by atoms with van der Waals surface area (Å²) in [4.78, 5) is 15.2. The molecule has 2 aromatic heterocycles. The summed E-state index contributed by atoms with van der Waals surface area (Å²) < 4.78 is 3.83. The molecule has 8 heteroatoms. The molecule has 3 aromatic rings. The molecule has 2 N–H and O–H groups in total. The van der Waals surface area contributed by atoms with Crippen molar-refractivity contribution < 1.29 is 5.48 Å². The van der Waals surface area contributed by atoms with Gasteiger partial charge in [-0.2, -0.15) is 0 Å². The van der Waals surface area contributed by atoms with Crippen molar-refractivity contribution in [3.8, 4) is 0 Å². The fraction of sp³-hybridized carbons (Fsp3) is 0.500. The summed E-state index contributed by atoms with van der Waals surface area (Å²) >= 11 is 0. The Morgan fingerprint density at radius 2 is 1.81 bits per heavy atom. The highest BCUT2D eigenvalue weighted by Gasteiger charge is 2.18. The van der Waals surface area contributed by atoms with E-state index in [1.54, 1.807) is 4.57 Å². The largest absolute Gasteiger partial charge is 0.412 e. The van der Waals surface area contributed by atoms with Crippen molar-refractivity contribution in [2.45, 2.75) is 45.7 Å². The van der Waals surface area contributed by atoms with Gasteiger partial charge in [-0.15, -0.1) is 22.6 Å². The molecule has 0 spiro atoms. The van der Waals surface area contributed by atoms with Crippen molar-refractivity contribution in [1.29, 1.82) is 0 Å². The summed E-state index contributed by atoms with van der Waals surface area (Å²) in [6.07, 6.45) is 4.70. The molecule has 1 saturated heterocycles. The van der Waals surface area contributed by atoms with Crippen LogP contribution in [-0.4, -0.2) is 42.6 Å². The minimum Gasteiger partial charge on any atom is -0.412 e. The van der Waals surface area contributed by atoms with Crippen LogP contribution in [0.2, 0.25) is 0 Å². The van der Waals surface area contributed by atoms with Crippen molar-refractivity contribution >= 4 is 29.1 Å². The zero-order chi connectivity index (χ0) is 16.5. The number of likely N-dealkylation sites (tertiary alicyclic amines) is 1. The Bertz CT molecular complexity index is 930. The maximum absolute atomic E-state index is 12.8. The number of piperidine rings is 1. The smallest absolute Gasteiger partial charge is 0.262 e. The van der Waals surface area contributed by atoms with E-state index in [0.717, 1.165) is 42.8 Å². The van der Waals surface area contributed by atoms with Crippen molar-refractivity contribution in [2.24, 2.45) is 0 Å². The van der Waals surface area contributed by atoms with Crippen LogP contribution in [-0.2, 0) is 13.1 Å². The molecule has 1 aliphatic rings. The van der Waals surface area contributed by atoms with Crippen molar-refractivity contribution in [2.75, 3.05) is 13.1 Å². The highest BCUT2D eigenvalue weighted by molar-refractivity contribution is 5.85. The first-order valence-corrected chi connectivity index (χ1v) is 8.87. The summed E-state index contributed by atoms with van der Waals surface area (Å²) in [6.45, 7) is 5.75. The SMILES string of the molecule is CCCn1c(=O)c2ccccc2n2c(CN3CCCCC3)nnc12.Cl.O. The lowest BCUT2D eigenvalue weighted by Gasteiger charge is -2.25. The van der Waals surface area contributed by atoms with E-state index in [1.807, 2.05) is 24.3 Å². The molecular weight excluding hydrogens is 354 g/mol. The van der Waals surface area contributed by atoms with Crippen LogP contribution in [0, 0.1) is 0 Å². The third kappa shape index (κ3) is 3.47. The van der Waals surface area contributed by atoms with Crippen LogP contribution < -0.4 is 5.56 Å². The Morgan fingerprint density at radius 3 is 2.54 bits per heavy atom. The van der Waals surface area contributed by atoms with Crippen LogP contribution in [0.25, 0.3) is 16.7 Å². The van der Waals surface area contributed by atoms with Crippen molar-refractivity contribution in [3.63, 3.8) is 0 Å². The van der Waals surface area contributed by atoms with Crippen molar-refractivity contribution in [1.82, 2.24) is 24.1 Å². The number of rotatable bonds is 4. The Balaban J connectivity index is 0.00000121. The zero-order valence-electron chi connectivity index (χ0n) is 15.0. The Morgan fingerprint density at radius 1 is 1.08 bits per heavy atom. The lowest BCUT2D eigenvalue weighted by Crippen LogP contribution is -2.30. The Hall–Kier alpha value is -1.96. The van der Waals surface area contributed by atoms with Gasteiger partial charge in [0.05, 0.1) is 17.4 Å². The molecule has 0 amide bonds. The second-order valence-electron chi connectivity index (χ2n) is 6.56. The predicted molar refractivity (Wildman–Crippen MR) is 105 cm³/mol. The molecule has 4 rings (SSSR count). The fourth-order valence-corrected chi connectivity index (χ4v) is 3.66. The molecule has 0 bridgehead atoms. The zero-order valence-corrected chi connectivity index (χ0v) is 15.8. The van der Waals surface area contributed by atoms with Crippen molar-refractivity contribution in [3.05, 3.63) is 40.4 Å². The molecule has 0 atom stereocenters. The molecule has 1 aliphatic heterocycles. The lowest BCUT2D eigenvalue weighted by molar-refractivity contribution is 0.215. The van der Waals surface area contributed by atoms with Gasteiger partial charge in [0.2, 0.25) is 5.78 Å². The van der Waals surface area contributed by atoms with E-state index in [1.165, 1.54) is 19.3 Å². The Kier molecular flexibility index (Phi) is 6.75. The molecule has 142 valence electrons. The molecule has 0 aliphatic carbocycles. The molecule has 0 unspecified atom stereocenters. The van der Waals surface area contributed by atoms with Gasteiger partial charge in [-0.1, -0.05) is 25.5 Å². The first-order chi connectivity index (χ1) is 11.8. The number of benzene rings is 1. The monoisotopic (exact) mass is 379 g/mol. The molecule has 1 aromatic carbocycles. The van der Waals surface area contributed by atoms with Crippen LogP contribution in [0.3, 0.4) is 0 Å². The molecule has 0 saturated carbocycles. The number of hydrogen-bond acceptors (Lipinski definition) is 4. The average molecular weight is 380 g/mol. The molecule has 3 heterocycles. The van der Waals surface area contributed by atoms with E-state index in [-0.39, 0.29) is 23.4 Å². The summed E-state index contributed by atoms with van der Waals surface area (Å²) in [6, 6.07) is 7.77. The molecule has 7 nitrogen and oxygen atoms in total. The second-order valence-corrected chi connectivity index (χ2v) is 6.56. The van der Waals surface area contributed by atoms with Gasteiger partial charge in [0.15, 0.2) is 5.82 Å². The van der Waals surface area contributed by atoms with Gasteiger partial charge in [0.1, 0.15) is 0 Å². The quantitative estimate of drug-likeness (QED) is 0.694. The van der Waals surface area contributed by atoms with E-state index in [4.69, 9.17) is 0 Å². The van der Waals surface area contributed by atoms with Gasteiger partial charge in [0, 0.05) is 6.54 Å². The third-order valence-corrected chi connectivity index (χ3v) is 4.84. The highest BCUT2D eigenvalue weighted by atomic mass is 35.5. The number of hydrogen-bond donors (Lipinski definition) is 0. The van der Waals surface area contributed by atoms with Gasteiger partial charge >= 0.3 is 0 Å². The first-order valence-electron chi connectivity index (χ1n) is 8.87. The summed E-state index contributed by atoms with van der Waals surface area (Å²) in [5, 5.41) is 9.53. The summed E-state index contributed by atoms with van der Waals surface area (Å²) in [7, 11) is 0. The molecular formula is C18H26ClN5O2. The number of nitrogens with zero attached hydrogens (tertiary/aromatic N) is 5. The average Bonchev–Trinajstić information content (AvgIpc) is 3.03. The van der Waals surface area contributed by atoms with E-state index >= 15 is 0 Å². The highest BCUT2D eigenvalue weighted by Crippen LogP contribution is 2.17. The number of halogens is 1. The minimum atomic E-state index is 0. The van der Waals surface area contributed by atoms with Crippen LogP contribution >= 0.6 is 12.4 Å². The predicted octanol–water partition coefficient (Wildman–Crippen LogP) is 2.04. The fourth-order valence-electron chi connectivity index (χ4n) is 3.66. The van der Waals surface area contributed by atoms with Gasteiger partial charge in [-0.05, 0) is 44.5 Å². The number of aromatic nitrogens is 4. The number of para-hydroxylation sites is 1. The van der Waals surface area contributed by atoms with Crippen LogP contribution in [0.1, 0.15) is 38.4 Å². The first kappa shape index (κ1) is 20.4. The summed E-state index contributed by atoms with van der Waals surface area (Å²) in [5.41, 5.74) is 0.929. The van der Waals surface area contributed by atoms with Crippen LogP contribution in [0.4, 0.5) is 0 Å². The van der Waals surface area contributed by atoms with Crippen LogP contribution in [0.15, 0.2) is 29.1 Å². The number of aryl methyl sites for hydroxylation is 1. The van der Waals surface area contributed by atoms with Gasteiger partial charge in [0.25, 0.3) is 5.56 Å². The van der Waals surface area contributed by atoms with Crippen LogP contribution in [0.5, 0.6) is 0 Å². The van der Waals surface area contributed by atoms with E-state index < -0.39 is 0 Å². The lowest BCUT2D eigenvalue weighted by atomic mass is 10.1. The third-order valence-electron chi connectivity index (χ3n) is 4.84. The standard InChI is InChI=1S/C18H23N5O.ClH.H2O/c1-2-10-22-17(24)14-8-4-5-9-15(14)23-16(19-20-18(22)23)13-21-11-6-3-7-12-21;;/h4-5,8-9H,2-3,6-7,10-13H2,1H3;1H;1H2. The van der Waals surface area contributed by atoms with E-state index in [0.29, 0.717) is 12.3 Å². The van der Waals surface area contributed by atoms with E-state index in [9.17, 15) is 4.79 Å². The number of fused-ring (bicyclic) bond motifs is 3. The Labute approximate surface area is 158 Å². The maximum atomic E-state index is 12.8. The second kappa shape index (κ2) is 8.62. The maximum Gasteiger partial charge on any atom is 0.262 e. The normalized spacial score (nSPS) is 15.0. The minimum absolute atomic E-state index is 0.